The SMILES string of the molecule is C=C1NC(=S)N[C@@H](c2c(F)cccc2F)[C@@H]1C(=O)OC. The van der Waals surface area contributed by atoms with Gasteiger partial charge in [-0.15, -0.1) is 0 Å². The zero-order chi connectivity index (χ0) is 14.9. The summed E-state index contributed by atoms with van der Waals surface area (Å²) in [5, 5.41) is 5.49. The lowest BCUT2D eigenvalue weighted by atomic mass is 9.88. The van der Waals surface area contributed by atoms with Crippen molar-refractivity contribution in [2.24, 2.45) is 5.92 Å². The van der Waals surface area contributed by atoms with Gasteiger partial charge in [0.05, 0.1) is 13.2 Å². The fourth-order valence-corrected chi connectivity index (χ4v) is 2.40. The molecule has 0 amide bonds. The lowest BCUT2D eigenvalue weighted by molar-refractivity contribution is -0.145. The number of hydrogen-bond acceptors (Lipinski definition) is 3. The molecule has 0 unspecified atom stereocenters. The van der Waals surface area contributed by atoms with Crippen molar-refractivity contribution in [3.8, 4) is 0 Å². The summed E-state index contributed by atoms with van der Waals surface area (Å²) in [5.74, 6) is -3.19. The van der Waals surface area contributed by atoms with Crippen molar-refractivity contribution in [2.75, 3.05) is 7.11 Å². The van der Waals surface area contributed by atoms with Crippen LogP contribution in [0.15, 0.2) is 30.5 Å². The summed E-state index contributed by atoms with van der Waals surface area (Å²) in [7, 11) is 1.19. The first-order valence-electron chi connectivity index (χ1n) is 5.73. The molecule has 0 aliphatic carbocycles. The molecule has 1 saturated heterocycles. The molecule has 1 fully saturated rings. The predicted molar refractivity (Wildman–Crippen MR) is 72.6 cm³/mol. The second-order valence-corrected chi connectivity index (χ2v) is 4.65. The van der Waals surface area contributed by atoms with Crippen LogP contribution in [-0.2, 0) is 9.53 Å². The quantitative estimate of drug-likeness (QED) is 0.644. The van der Waals surface area contributed by atoms with Gasteiger partial charge in [0.1, 0.15) is 17.6 Å². The van der Waals surface area contributed by atoms with Crippen LogP contribution in [0, 0.1) is 17.6 Å². The number of esters is 1. The number of nitrogens with one attached hydrogen (secondary N) is 2. The second-order valence-electron chi connectivity index (χ2n) is 4.24. The van der Waals surface area contributed by atoms with Crippen molar-refractivity contribution in [1.82, 2.24) is 10.6 Å². The number of benzene rings is 1. The van der Waals surface area contributed by atoms with Crippen LogP contribution >= 0.6 is 12.2 Å². The van der Waals surface area contributed by atoms with Crippen molar-refractivity contribution < 1.29 is 18.3 Å². The molecule has 1 aliphatic heterocycles. The highest BCUT2D eigenvalue weighted by Crippen LogP contribution is 2.33. The van der Waals surface area contributed by atoms with Crippen LogP contribution in [0.4, 0.5) is 8.78 Å². The zero-order valence-corrected chi connectivity index (χ0v) is 11.4. The highest BCUT2D eigenvalue weighted by Gasteiger charge is 2.39. The Morgan fingerprint density at radius 3 is 2.55 bits per heavy atom. The molecule has 2 rings (SSSR count). The van der Waals surface area contributed by atoms with Gasteiger partial charge in [-0.25, -0.2) is 8.78 Å². The highest BCUT2D eigenvalue weighted by molar-refractivity contribution is 7.80. The molecular formula is C13H12F2N2O2S. The molecule has 106 valence electrons. The van der Waals surface area contributed by atoms with Crippen molar-refractivity contribution in [2.45, 2.75) is 6.04 Å². The minimum atomic E-state index is -1.01. The van der Waals surface area contributed by atoms with Crippen LogP contribution in [0.3, 0.4) is 0 Å². The van der Waals surface area contributed by atoms with Gasteiger partial charge in [0, 0.05) is 11.3 Å². The Morgan fingerprint density at radius 2 is 2.00 bits per heavy atom. The highest BCUT2D eigenvalue weighted by atomic mass is 32.1. The Morgan fingerprint density at radius 1 is 1.40 bits per heavy atom. The summed E-state index contributed by atoms with van der Waals surface area (Å²) < 4.78 is 32.5. The second kappa shape index (κ2) is 5.54. The molecule has 0 aromatic heterocycles. The largest absolute Gasteiger partial charge is 0.468 e. The molecular weight excluding hydrogens is 286 g/mol. The number of hydrogen-bond donors (Lipinski definition) is 2. The van der Waals surface area contributed by atoms with Crippen LogP contribution in [0.1, 0.15) is 11.6 Å². The van der Waals surface area contributed by atoms with Crippen molar-refractivity contribution in [1.29, 1.82) is 0 Å². The first-order valence-corrected chi connectivity index (χ1v) is 6.14. The Bertz CT molecular complexity index is 571. The van der Waals surface area contributed by atoms with E-state index in [0.717, 1.165) is 12.1 Å². The van der Waals surface area contributed by atoms with Crippen LogP contribution < -0.4 is 10.6 Å². The number of halogens is 2. The molecule has 0 bridgehead atoms. The van der Waals surface area contributed by atoms with Gasteiger partial charge < -0.3 is 15.4 Å². The fourth-order valence-electron chi connectivity index (χ4n) is 2.14. The van der Waals surface area contributed by atoms with Gasteiger partial charge in [0.25, 0.3) is 0 Å². The van der Waals surface area contributed by atoms with E-state index in [0.29, 0.717) is 0 Å². The molecule has 2 atom stereocenters. The van der Waals surface area contributed by atoms with Gasteiger partial charge >= 0.3 is 5.97 Å². The summed E-state index contributed by atoms with van der Waals surface area (Å²) in [6.07, 6.45) is 0. The molecule has 0 radical (unpaired) electrons. The summed E-state index contributed by atoms with van der Waals surface area (Å²) >= 11 is 4.94. The topological polar surface area (TPSA) is 50.4 Å². The van der Waals surface area contributed by atoms with E-state index in [1.165, 1.54) is 13.2 Å². The first kappa shape index (κ1) is 14.4. The first-order chi connectivity index (χ1) is 9.45. The van der Waals surface area contributed by atoms with Crippen molar-refractivity contribution >= 4 is 23.3 Å². The van der Waals surface area contributed by atoms with Crippen LogP contribution in [0.5, 0.6) is 0 Å². The van der Waals surface area contributed by atoms with Crippen LogP contribution in [0.2, 0.25) is 0 Å². The number of carbonyl (C=O) groups excluding carboxylic acids is 1. The Balaban J connectivity index is 2.52. The third kappa shape index (κ3) is 2.49. The molecule has 1 aromatic carbocycles. The standard InChI is InChI=1S/C13H12F2N2O2S/c1-6-9(12(18)19-2)11(17-13(20)16-6)10-7(14)4-3-5-8(10)15/h3-5,9,11H,1H2,2H3,(H2,16,17,20)/t9-,11-/m1/s1. The number of carbonyl (C=O) groups is 1. The number of ether oxygens (including phenoxy) is 1. The van der Waals surface area contributed by atoms with Gasteiger partial charge in [-0.1, -0.05) is 12.6 Å². The molecule has 2 N–H and O–H groups in total. The normalized spacial score (nSPS) is 21.9. The Kier molecular flexibility index (Phi) is 3.99. The maximum Gasteiger partial charge on any atom is 0.317 e. The lowest BCUT2D eigenvalue weighted by Crippen LogP contribution is -2.51. The number of rotatable bonds is 2. The minimum absolute atomic E-state index is 0.141. The average molecular weight is 298 g/mol. The molecule has 1 aromatic rings. The molecule has 0 spiro atoms. The van der Waals surface area contributed by atoms with Crippen LogP contribution in [-0.4, -0.2) is 18.2 Å². The number of methoxy groups -OCH3 is 1. The van der Waals surface area contributed by atoms with Crippen LogP contribution in [0.25, 0.3) is 0 Å². The molecule has 1 heterocycles. The monoisotopic (exact) mass is 298 g/mol. The predicted octanol–water partition coefficient (Wildman–Crippen LogP) is 1.79. The minimum Gasteiger partial charge on any atom is -0.468 e. The van der Waals surface area contributed by atoms with Gasteiger partial charge in [0.15, 0.2) is 5.11 Å². The summed E-state index contributed by atoms with van der Waals surface area (Å²) in [6, 6.07) is 2.46. The van der Waals surface area contributed by atoms with Crippen molar-refractivity contribution in [3.05, 3.63) is 47.7 Å². The third-order valence-electron chi connectivity index (χ3n) is 3.04. The van der Waals surface area contributed by atoms with E-state index in [1.807, 2.05) is 0 Å². The average Bonchev–Trinajstić information content (AvgIpc) is 2.37. The van der Waals surface area contributed by atoms with E-state index < -0.39 is 29.6 Å². The molecule has 20 heavy (non-hydrogen) atoms. The third-order valence-corrected chi connectivity index (χ3v) is 3.26. The molecule has 1 aliphatic rings. The van der Waals surface area contributed by atoms with E-state index in [1.54, 1.807) is 0 Å². The van der Waals surface area contributed by atoms with E-state index in [2.05, 4.69) is 21.9 Å². The van der Waals surface area contributed by atoms with Gasteiger partial charge in [0.2, 0.25) is 0 Å². The van der Waals surface area contributed by atoms with Gasteiger partial charge in [-0.2, -0.15) is 0 Å². The van der Waals surface area contributed by atoms with E-state index in [9.17, 15) is 13.6 Å². The van der Waals surface area contributed by atoms with Gasteiger partial charge in [-0.3, -0.25) is 4.79 Å². The maximum atomic E-state index is 13.9. The maximum absolute atomic E-state index is 13.9. The summed E-state index contributed by atoms with van der Waals surface area (Å²) in [5.41, 5.74) is -0.0406. The fraction of sp³-hybridized carbons (Fsp3) is 0.231. The van der Waals surface area contributed by atoms with Gasteiger partial charge in [-0.05, 0) is 24.4 Å². The molecule has 0 saturated carbocycles. The lowest BCUT2D eigenvalue weighted by Gasteiger charge is -2.34. The Labute approximate surface area is 119 Å². The number of thiocarbonyl (C=S) groups is 1. The molecule has 7 heteroatoms. The zero-order valence-electron chi connectivity index (χ0n) is 10.6. The van der Waals surface area contributed by atoms with Crippen molar-refractivity contribution in [3.63, 3.8) is 0 Å². The Hall–Kier alpha value is -2.02. The summed E-state index contributed by atoms with van der Waals surface area (Å²) in [4.78, 5) is 11.8. The molecule has 4 nitrogen and oxygen atoms in total. The van der Waals surface area contributed by atoms with E-state index >= 15 is 0 Å². The summed E-state index contributed by atoms with van der Waals surface area (Å²) in [6.45, 7) is 3.67. The smallest absolute Gasteiger partial charge is 0.317 e. The van der Waals surface area contributed by atoms with E-state index in [-0.39, 0.29) is 16.4 Å². The van der Waals surface area contributed by atoms with E-state index in [4.69, 9.17) is 12.2 Å².